The largest absolute Gasteiger partial charge is 0.481 e. The molecule has 4 nitrogen and oxygen atoms in total. The number of benzene rings is 1. The van der Waals surface area contributed by atoms with Gasteiger partial charge in [-0.15, -0.1) is 0 Å². The molecule has 0 bridgehead atoms. The summed E-state index contributed by atoms with van der Waals surface area (Å²) >= 11 is 0. The predicted octanol–water partition coefficient (Wildman–Crippen LogP) is 1.88. The highest BCUT2D eigenvalue weighted by molar-refractivity contribution is 5.69. The summed E-state index contributed by atoms with van der Waals surface area (Å²) in [6.45, 7) is 6.84. The van der Waals surface area contributed by atoms with Crippen LogP contribution in [0, 0.1) is 12.8 Å². The molecular weight excluding hydrogens is 240 g/mol. The van der Waals surface area contributed by atoms with E-state index in [0.29, 0.717) is 5.92 Å². The molecule has 1 aromatic rings. The lowest BCUT2D eigenvalue weighted by Gasteiger charge is -2.33. The summed E-state index contributed by atoms with van der Waals surface area (Å²) in [6, 6.07) is 8.22. The van der Waals surface area contributed by atoms with Crippen LogP contribution >= 0.6 is 0 Å². The lowest BCUT2D eigenvalue weighted by molar-refractivity contribution is -0.137. The molecule has 19 heavy (non-hydrogen) atoms. The molecule has 0 spiro atoms. The van der Waals surface area contributed by atoms with Crippen LogP contribution in [0.5, 0.6) is 0 Å². The Morgan fingerprint density at radius 3 is 2.84 bits per heavy atom. The fourth-order valence-corrected chi connectivity index (χ4v) is 2.72. The third-order valence-corrected chi connectivity index (χ3v) is 3.66. The van der Waals surface area contributed by atoms with Gasteiger partial charge in [-0.2, -0.15) is 0 Å². The maximum Gasteiger partial charge on any atom is 0.305 e. The van der Waals surface area contributed by atoms with E-state index in [4.69, 9.17) is 5.11 Å². The zero-order valence-corrected chi connectivity index (χ0v) is 11.6. The average Bonchev–Trinajstić information content (AvgIpc) is 2.52. The Morgan fingerprint density at radius 1 is 1.42 bits per heavy atom. The molecule has 4 heteroatoms. The Kier molecular flexibility index (Phi) is 4.43. The minimum absolute atomic E-state index is 0.0172. The number of para-hydroxylation sites is 1. The number of aliphatic carboxylic acids is 1. The molecule has 2 atom stereocenters. The number of rotatable bonds is 3. The number of aryl methyl sites for hydroxylation is 1. The molecule has 0 amide bonds. The molecule has 2 N–H and O–H groups in total. The fraction of sp³-hybridized carbons (Fsp3) is 0.533. The lowest BCUT2D eigenvalue weighted by atomic mass is 10.1. The lowest BCUT2D eigenvalue weighted by Crippen LogP contribution is -2.42. The van der Waals surface area contributed by atoms with Crippen molar-refractivity contribution < 1.29 is 9.90 Å². The molecule has 2 unspecified atom stereocenters. The number of carboxylic acids is 1. The first kappa shape index (κ1) is 13.9. The van der Waals surface area contributed by atoms with E-state index in [1.165, 1.54) is 5.56 Å². The van der Waals surface area contributed by atoms with Gasteiger partial charge in [0, 0.05) is 18.8 Å². The minimum atomic E-state index is -0.736. The van der Waals surface area contributed by atoms with Gasteiger partial charge in [0.1, 0.15) is 0 Å². The summed E-state index contributed by atoms with van der Waals surface area (Å²) in [4.78, 5) is 13.3. The summed E-state index contributed by atoms with van der Waals surface area (Å²) in [5, 5.41) is 12.5. The SMILES string of the molecule is Cc1ccccc1N1CC(C)CNCC1CC(=O)O. The van der Waals surface area contributed by atoms with Gasteiger partial charge < -0.3 is 15.3 Å². The number of hydrogen-bond donors (Lipinski definition) is 2. The number of hydrogen-bond acceptors (Lipinski definition) is 3. The molecule has 1 aliphatic heterocycles. The van der Waals surface area contributed by atoms with Gasteiger partial charge in [0.05, 0.1) is 12.5 Å². The Bertz CT molecular complexity index is 448. The zero-order chi connectivity index (χ0) is 13.8. The summed E-state index contributed by atoms with van der Waals surface area (Å²) < 4.78 is 0. The van der Waals surface area contributed by atoms with Crippen molar-refractivity contribution >= 4 is 11.7 Å². The number of nitrogens with one attached hydrogen (secondary N) is 1. The third-order valence-electron chi connectivity index (χ3n) is 3.66. The molecule has 2 rings (SSSR count). The normalized spacial score (nSPS) is 24.0. The molecular formula is C15H22N2O2. The van der Waals surface area contributed by atoms with Crippen molar-refractivity contribution in [1.82, 2.24) is 5.32 Å². The molecule has 0 aromatic heterocycles. The number of anilines is 1. The first-order valence-electron chi connectivity index (χ1n) is 6.82. The zero-order valence-electron chi connectivity index (χ0n) is 11.6. The van der Waals surface area contributed by atoms with E-state index >= 15 is 0 Å². The van der Waals surface area contributed by atoms with Crippen LogP contribution in [0.1, 0.15) is 18.9 Å². The van der Waals surface area contributed by atoms with E-state index in [-0.39, 0.29) is 12.5 Å². The number of carbonyl (C=O) groups is 1. The van der Waals surface area contributed by atoms with Crippen molar-refractivity contribution in [2.75, 3.05) is 24.5 Å². The van der Waals surface area contributed by atoms with Crippen LogP contribution in [0.25, 0.3) is 0 Å². The van der Waals surface area contributed by atoms with Crippen molar-refractivity contribution in [2.24, 2.45) is 5.92 Å². The first-order valence-corrected chi connectivity index (χ1v) is 6.82. The van der Waals surface area contributed by atoms with Gasteiger partial charge in [0.25, 0.3) is 0 Å². The number of nitrogens with zero attached hydrogens (tertiary/aromatic N) is 1. The Morgan fingerprint density at radius 2 is 2.16 bits per heavy atom. The molecule has 0 radical (unpaired) electrons. The highest BCUT2D eigenvalue weighted by atomic mass is 16.4. The highest BCUT2D eigenvalue weighted by Crippen LogP contribution is 2.25. The molecule has 0 saturated carbocycles. The van der Waals surface area contributed by atoms with Crippen LogP contribution in [-0.2, 0) is 4.79 Å². The van der Waals surface area contributed by atoms with E-state index < -0.39 is 5.97 Å². The topological polar surface area (TPSA) is 52.6 Å². The van der Waals surface area contributed by atoms with Crippen LogP contribution < -0.4 is 10.2 Å². The van der Waals surface area contributed by atoms with Gasteiger partial charge in [-0.05, 0) is 31.0 Å². The monoisotopic (exact) mass is 262 g/mol. The van der Waals surface area contributed by atoms with E-state index in [1.807, 2.05) is 12.1 Å². The molecule has 104 valence electrons. The standard InChI is InChI=1S/C15H22N2O2/c1-11-8-16-9-13(7-15(18)19)17(10-11)14-6-4-3-5-12(14)2/h3-6,11,13,16H,7-10H2,1-2H3,(H,18,19). The summed E-state index contributed by atoms with van der Waals surface area (Å²) in [5.41, 5.74) is 2.36. The quantitative estimate of drug-likeness (QED) is 0.873. The highest BCUT2D eigenvalue weighted by Gasteiger charge is 2.26. The third kappa shape index (κ3) is 3.47. The van der Waals surface area contributed by atoms with Crippen molar-refractivity contribution in [2.45, 2.75) is 26.3 Å². The van der Waals surface area contributed by atoms with Gasteiger partial charge >= 0.3 is 5.97 Å². The van der Waals surface area contributed by atoms with Crippen LogP contribution in [0.2, 0.25) is 0 Å². The number of carboxylic acid groups (broad SMARTS) is 1. The van der Waals surface area contributed by atoms with Crippen molar-refractivity contribution in [3.8, 4) is 0 Å². The maximum atomic E-state index is 11.1. The summed E-state index contributed by atoms with van der Waals surface area (Å²) in [6.07, 6.45) is 0.175. The maximum absolute atomic E-state index is 11.1. The fourth-order valence-electron chi connectivity index (χ4n) is 2.72. The molecule has 1 heterocycles. The second-order valence-corrected chi connectivity index (χ2v) is 5.45. The van der Waals surface area contributed by atoms with E-state index in [1.54, 1.807) is 0 Å². The Hall–Kier alpha value is -1.55. The second-order valence-electron chi connectivity index (χ2n) is 5.45. The van der Waals surface area contributed by atoms with Gasteiger partial charge in [-0.1, -0.05) is 25.1 Å². The summed E-state index contributed by atoms with van der Waals surface area (Å²) in [7, 11) is 0. The average molecular weight is 262 g/mol. The van der Waals surface area contributed by atoms with Gasteiger partial charge in [0.2, 0.25) is 0 Å². The summed E-state index contributed by atoms with van der Waals surface area (Å²) in [5.74, 6) is -0.224. The van der Waals surface area contributed by atoms with Crippen LogP contribution in [-0.4, -0.2) is 36.8 Å². The Balaban J connectivity index is 2.29. The van der Waals surface area contributed by atoms with E-state index in [9.17, 15) is 4.79 Å². The molecule has 1 saturated heterocycles. The van der Waals surface area contributed by atoms with Gasteiger partial charge in [-0.25, -0.2) is 0 Å². The second kappa shape index (κ2) is 6.06. The van der Waals surface area contributed by atoms with Crippen molar-refractivity contribution in [1.29, 1.82) is 0 Å². The minimum Gasteiger partial charge on any atom is -0.481 e. The van der Waals surface area contributed by atoms with Crippen LogP contribution in [0.15, 0.2) is 24.3 Å². The smallest absolute Gasteiger partial charge is 0.305 e. The van der Waals surface area contributed by atoms with Crippen molar-refractivity contribution in [3.63, 3.8) is 0 Å². The Labute approximate surface area is 114 Å². The van der Waals surface area contributed by atoms with Gasteiger partial charge in [-0.3, -0.25) is 4.79 Å². The van der Waals surface area contributed by atoms with Crippen molar-refractivity contribution in [3.05, 3.63) is 29.8 Å². The first-order chi connectivity index (χ1) is 9.08. The van der Waals surface area contributed by atoms with Crippen LogP contribution in [0.4, 0.5) is 5.69 Å². The van der Waals surface area contributed by atoms with E-state index in [0.717, 1.165) is 25.3 Å². The molecule has 1 fully saturated rings. The molecule has 1 aliphatic rings. The molecule has 1 aromatic carbocycles. The van der Waals surface area contributed by atoms with Gasteiger partial charge in [0.15, 0.2) is 0 Å². The molecule has 0 aliphatic carbocycles. The van der Waals surface area contributed by atoms with E-state index in [2.05, 4.69) is 36.2 Å². The van der Waals surface area contributed by atoms with Crippen LogP contribution in [0.3, 0.4) is 0 Å². The predicted molar refractivity (Wildman–Crippen MR) is 76.6 cm³/mol.